The Labute approximate surface area is 177 Å². The molecule has 1 N–H and O–H groups in total. The Kier molecular flexibility index (Phi) is 7.53. The van der Waals surface area contributed by atoms with E-state index in [2.05, 4.69) is 41.9 Å². The summed E-state index contributed by atoms with van der Waals surface area (Å²) in [6.45, 7) is 6.03. The fourth-order valence-corrected chi connectivity index (χ4v) is 3.29. The molecule has 1 aromatic heterocycles. The molecule has 154 valence electrons. The highest BCUT2D eigenvalue weighted by molar-refractivity contribution is 6.30. The maximum atomic E-state index is 12.0. The van der Waals surface area contributed by atoms with Gasteiger partial charge in [0.05, 0.1) is 11.0 Å². The molecule has 29 heavy (non-hydrogen) atoms. The quantitative estimate of drug-likeness (QED) is 0.483. The second-order valence-electron chi connectivity index (χ2n) is 7.34. The van der Waals surface area contributed by atoms with Crippen LogP contribution in [0.2, 0.25) is 5.02 Å². The van der Waals surface area contributed by atoms with Gasteiger partial charge in [-0.1, -0.05) is 44.0 Å². The molecule has 0 radical (unpaired) electrons. The van der Waals surface area contributed by atoms with Gasteiger partial charge < -0.3 is 14.6 Å². The summed E-state index contributed by atoms with van der Waals surface area (Å²) >= 11 is 5.84. The zero-order chi connectivity index (χ0) is 20.6. The number of hydrogen-bond acceptors (Lipinski definition) is 3. The van der Waals surface area contributed by atoms with Crippen molar-refractivity contribution < 1.29 is 9.53 Å². The number of hydrogen-bond donors (Lipinski definition) is 1. The van der Waals surface area contributed by atoms with Crippen molar-refractivity contribution in [3.05, 3.63) is 59.4 Å². The number of carbonyl (C=O) groups is 1. The van der Waals surface area contributed by atoms with Gasteiger partial charge in [0.2, 0.25) is 0 Å². The number of ether oxygens (including phenoxy) is 1. The molecule has 0 aliphatic rings. The summed E-state index contributed by atoms with van der Waals surface area (Å²) in [5, 5.41) is 3.55. The Morgan fingerprint density at radius 3 is 2.72 bits per heavy atom. The van der Waals surface area contributed by atoms with Crippen LogP contribution in [-0.2, 0) is 17.8 Å². The van der Waals surface area contributed by atoms with Crippen LogP contribution >= 0.6 is 11.6 Å². The zero-order valence-electron chi connectivity index (χ0n) is 17.0. The number of rotatable bonds is 10. The van der Waals surface area contributed by atoms with Crippen molar-refractivity contribution in [2.75, 3.05) is 13.2 Å². The van der Waals surface area contributed by atoms with Crippen LogP contribution in [0.1, 0.15) is 32.5 Å². The van der Waals surface area contributed by atoms with E-state index in [0.717, 1.165) is 37.1 Å². The first-order chi connectivity index (χ1) is 14.1. The Morgan fingerprint density at radius 1 is 1.21 bits per heavy atom. The maximum absolute atomic E-state index is 12.0. The lowest BCUT2D eigenvalue weighted by molar-refractivity contribution is -0.123. The molecule has 0 saturated heterocycles. The van der Waals surface area contributed by atoms with E-state index in [-0.39, 0.29) is 12.5 Å². The van der Waals surface area contributed by atoms with Crippen LogP contribution in [0.5, 0.6) is 5.75 Å². The zero-order valence-corrected chi connectivity index (χ0v) is 17.8. The van der Waals surface area contributed by atoms with Crippen LogP contribution in [0.3, 0.4) is 0 Å². The van der Waals surface area contributed by atoms with Gasteiger partial charge in [-0.25, -0.2) is 4.98 Å². The number of benzene rings is 2. The molecule has 0 bridgehead atoms. The second kappa shape index (κ2) is 10.3. The van der Waals surface area contributed by atoms with E-state index < -0.39 is 0 Å². The average Bonchev–Trinajstić information content (AvgIpc) is 3.08. The lowest BCUT2D eigenvalue weighted by atomic mass is 10.1. The van der Waals surface area contributed by atoms with Crippen molar-refractivity contribution in [2.45, 2.75) is 39.7 Å². The number of nitrogens with one attached hydrogen (secondary N) is 1. The first-order valence-corrected chi connectivity index (χ1v) is 10.5. The van der Waals surface area contributed by atoms with E-state index in [1.165, 1.54) is 5.52 Å². The number of carbonyl (C=O) groups excluding carboxylic acids is 1. The number of nitrogens with zero attached hydrogens (tertiary/aromatic N) is 2. The fraction of sp³-hybridized carbons (Fsp3) is 0.391. The van der Waals surface area contributed by atoms with Gasteiger partial charge in [-0.3, -0.25) is 4.79 Å². The second-order valence-corrected chi connectivity index (χ2v) is 7.77. The molecule has 5 nitrogen and oxygen atoms in total. The first-order valence-electron chi connectivity index (χ1n) is 10.2. The van der Waals surface area contributed by atoms with Crippen LogP contribution in [0.4, 0.5) is 0 Å². The van der Waals surface area contributed by atoms with Gasteiger partial charge in [0.15, 0.2) is 6.61 Å². The van der Waals surface area contributed by atoms with Gasteiger partial charge in [0.25, 0.3) is 5.91 Å². The first kappa shape index (κ1) is 21.2. The third kappa shape index (κ3) is 5.97. The number of aryl methyl sites for hydroxylation is 1. The fourth-order valence-electron chi connectivity index (χ4n) is 3.17. The molecular weight excluding hydrogens is 386 g/mol. The van der Waals surface area contributed by atoms with Gasteiger partial charge >= 0.3 is 0 Å². The summed E-state index contributed by atoms with van der Waals surface area (Å²) in [6.07, 6.45) is 2.79. The molecule has 0 aliphatic carbocycles. The Bertz CT molecular complexity index is 937. The van der Waals surface area contributed by atoms with Crippen LogP contribution in [-0.4, -0.2) is 28.6 Å². The summed E-state index contributed by atoms with van der Waals surface area (Å²) in [7, 11) is 0. The number of imidazole rings is 1. The molecule has 1 amide bonds. The van der Waals surface area contributed by atoms with Crippen molar-refractivity contribution >= 4 is 28.5 Å². The number of aromatic nitrogens is 2. The van der Waals surface area contributed by atoms with Crippen LogP contribution < -0.4 is 10.1 Å². The molecule has 1 atom stereocenters. The molecule has 1 heterocycles. The number of amides is 1. The predicted molar refractivity (Wildman–Crippen MR) is 117 cm³/mol. The standard InChI is InChI=1S/C23H28ClN3O2/c1-3-17(2)15-27-21-8-5-4-7-20(21)26-22(27)9-6-14-25-23(28)16-29-19-12-10-18(24)11-13-19/h4-5,7-8,10-13,17H,3,6,9,14-16H2,1-2H3,(H,25,28). The maximum Gasteiger partial charge on any atom is 0.257 e. The summed E-state index contributed by atoms with van der Waals surface area (Å²) in [4.78, 5) is 16.8. The van der Waals surface area contributed by atoms with E-state index in [4.69, 9.17) is 21.3 Å². The summed E-state index contributed by atoms with van der Waals surface area (Å²) in [5.41, 5.74) is 2.22. The summed E-state index contributed by atoms with van der Waals surface area (Å²) in [6, 6.07) is 15.2. The van der Waals surface area contributed by atoms with Crippen molar-refractivity contribution in [1.29, 1.82) is 0 Å². The SMILES string of the molecule is CCC(C)Cn1c(CCCNC(=O)COc2ccc(Cl)cc2)nc2ccccc21. The number of fused-ring (bicyclic) bond motifs is 1. The van der Waals surface area contributed by atoms with Crippen molar-refractivity contribution in [1.82, 2.24) is 14.9 Å². The molecule has 0 aliphatic heterocycles. The highest BCUT2D eigenvalue weighted by atomic mass is 35.5. The normalized spacial score (nSPS) is 12.1. The summed E-state index contributed by atoms with van der Waals surface area (Å²) in [5.74, 6) is 2.17. The topological polar surface area (TPSA) is 56.2 Å². The predicted octanol–water partition coefficient (Wildman–Crippen LogP) is 4.86. The van der Waals surface area contributed by atoms with Crippen LogP contribution in [0.15, 0.2) is 48.5 Å². The number of para-hydroxylation sites is 2. The third-order valence-electron chi connectivity index (χ3n) is 5.01. The van der Waals surface area contributed by atoms with E-state index in [0.29, 0.717) is 23.2 Å². The molecule has 6 heteroatoms. The smallest absolute Gasteiger partial charge is 0.257 e. The number of halogens is 1. The third-order valence-corrected chi connectivity index (χ3v) is 5.26. The molecule has 3 aromatic rings. The molecule has 1 unspecified atom stereocenters. The molecule has 2 aromatic carbocycles. The Balaban J connectivity index is 1.49. The Hall–Kier alpha value is -2.53. The van der Waals surface area contributed by atoms with Gasteiger partial charge in [-0.05, 0) is 48.7 Å². The van der Waals surface area contributed by atoms with Gasteiger partial charge in [-0.2, -0.15) is 0 Å². The lowest BCUT2D eigenvalue weighted by Gasteiger charge is -2.14. The highest BCUT2D eigenvalue weighted by Crippen LogP contribution is 2.20. The monoisotopic (exact) mass is 413 g/mol. The average molecular weight is 414 g/mol. The minimum atomic E-state index is -0.131. The minimum absolute atomic E-state index is 0.00579. The van der Waals surface area contributed by atoms with Crippen molar-refractivity contribution in [3.8, 4) is 5.75 Å². The highest BCUT2D eigenvalue weighted by Gasteiger charge is 2.12. The van der Waals surface area contributed by atoms with Gasteiger partial charge in [0.1, 0.15) is 11.6 Å². The van der Waals surface area contributed by atoms with Crippen molar-refractivity contribution in [2.24, 2.45) is 5.92 Å². The largest absolute Gasteiger partial charge is 0.484 e. The van der Waals surface area contributed by atoms with Gasteiger partial charge in [0, 0.05) is 24.5 Å². The van der Waals surface area contributed by atoms with E-state index >= 15 is 0 Å². The Morgan fingerprint density at radius 2 is 1.97 bits per heavy atom. The van der Waals surface area contributed by atoms with E-state index in [1.807, 2.05) is 6.07 Å². The molecule has 0 saturated carbocycles. The van der Waals surface area contributed by atoms with Crippen molar-refractivity contribution in [3.63, 3.8) is 0 Å². The molecule has 3 rings (SSSR count). The van der Waals surface area contributed by atoms with Gasteiger partial charge in [-0.15, -0.1) is 0 Å². The van der Waals surface area contributed by atoms with Crippen LogP contribution in [0.25, 0.3) is 11.0 Å². The minimum Gasteiger partial charge on any atom is -0.484 e. The molecule has 0 fully saturated rings. The van der Waals surface area contributed by atoms with Crippen LogP contribution in [0, 0.1) is 5.92 Å². The van der Waals surface area contributed by atoms with E-state index in [1.54, 1.807) is 24.3 Å². The molecule has 0 spiro atoms. The lowest BCUT2D eigenvalue weighted by Crippen LogP contribution is -2.30. The van der Waals surface area contributed by atoms with E-state index in [9.17, 15) is 4.79 Å². The molecular formula is C23H28ClN3O2. The summed E-state index contributed by atoms with van der Waals surface area (Å²) < 4.78 is 7.79.